The highest BCUT2D eigenvalue weighted by molar-refractivity contribution is 7.47. The van der Waals surface area contributed by atoms with Crippen molar-refractivity contribution in [2.24, 2.45) is 0 Å². The predicted octanol–water partition coefficient (Wildman–Crippen LogP) is 23.0. The van der Waals surface area contributed by atoms with Gasteiger partial charge in [0.1, 0.15) is 19.3 Å². The number of allylic oxidation sites excluding steroid dienone is 14. The lowest BCUT2D eigenvalue weighted by molar-refractivity contribution is -0.161. The van der Waals surface area contributed by atoms with Gasteiger partial charge in [-0.2, -0.15) is 0 Å². The molecule has 5 unspecified atom stereocenters. The van der Waals surface area contributed by atoms with Crippen molar-refractivity contribution in [1.82, 2.24) is 0 Å². The predicted molar refractivity (Wildman–Crippen MR) is 409 cm³/mol. The summed E-state index contributed by atoms with van der Waals surface area (Å²) < 4.78 is 68.5. The molecule has 580 valence electrons. The van der Waals surface area contributed by atoms with E-state index in [4.69, 9.17) is 37.0 Å². The fourth-order valence-corrected chi connectivity index (χ4v) is 12.3. The molecule has 0 aliphatic heterocycles. The quantitative estimate of drug-likeness (QED) is 0.0169. The number of rotatable bonds is 75. The van der Waals surface area contributed by atoms with Crippen LogP contribution in [0.3, 0.4) is 0 Å². The number of carbonyl (C=O) groups excluding carboxylic acids is 4. The van der Waals surface area contributed by atoms with Crippen molar-refractivity contribution >= 4 is 39.5 Å². The van der Waals surface area contributed by atoms with Crippen molar-refractivity contribution in [3.63, 3.8) is 0 Å². The van der Waals surface area contributed by atoms with E-state index >= 15 is 0 Å². The van der Waals surface area contributed by atoms with Gasteiger partial charge in [-0.1, -0.05) is 293 Å². The highest BCUT2D eigenvalue weighted by atomic mass is 31.2. The summed E-state index contributed by atoms with van der Waals surface area (Å²) in [5, 5.41) is 10.6. The molecule has 0 aliphatic rings. The normalized spacial score (nSPS) is 14.3. The summed E-state index contributed by atoms with van der Waals surface area (Å²) in [6.07, 6.45) is 75.6. The van der Waals surface area contributed by atoms with Crippen LogP contribution in [0.1, 0.15) is 349 Å². The second-order valence-corrected chi connectivity index (χ2v) is 29.5. The van der Waals surface area contributed by atoms with Crippen LogP contribution in [0.4, 0.5) is 0 Å². The van der Waals surface area contributed by atoms with Crippen LogP contribution in [0.2, 0.25) is 0 Å². The SMILES string of the molecule is CC/C=C\C/C=C\C/C=C\C/C=C\CCCCCCCCC(=O)OCC(COP(=O)(O)OCC(O)COP(=O)(O)OCC(COC(=O)CCCCCCCCCCCCCCCCC)OC(=O)CCCCCCC/C=C\CCCC)OC(=O)CCCCCCC/C=C\C/C=C\CCCCC. The van der Waals surface area contributed by atoms with Gasteiger partial charge >= 0.3 is 39.5 Å². The molecular formula is C81H144O17P2. The number of ether oxygens (including phenoxy) is 4. The Kier molecular flexibility index (Phi) is 70.8. The number of esters is 4. The summed E-state index contributed by atoms with van der Waals surface area (Å²) in [5.74, 6) is -2.19. The first-order chi connectivity index (χ1) is 48.7. The highest BCUT2D eigenvalue weighted by Crippen LogP contribution is 2.45. The number of carbonyl (C=O) groups is 4. The molecule has 0 bridgehead atoms. The van der Waals surface area contributed by atoms with E-state index in [2.05, 4.69) is 113 Å². The fourth-order valence-electron chi connectivity index (χ4n) is 10.8. The molecule has 0 spiro atoms. The number of hydrogen-bond donors (Lipinski definition) is 3. The molecule has 0 aliphatic carbocycles. The molecule has 0 aromatic heterocycles. The molecule has 0 radical (unpaired) electrons. The molecular weight excluding hydrogens is 1310 g/mol. The second kappa shape index (κ2) is 73.5. The van der Waals surface area contributed by atoms with Gasteiger partial charge in [-0.05, 0) is 116 Å². The molecule has 0 heterocycles. The van der Waals surface area contributed by atoms with Gasteiger partial charge in [-0.3, -0.25) is 37.3 Å². The van der Waals surface area contributed by atoms with Gasteiger partial charge in [0.2, 0.25) is 0 Å². The Morgan fingerprint density at radius 1 is 0.290 bits per heavy atom. The lowest BCUT2D eigenvalue weighted by atomic mass is 10.0. The van der Waals surface area contributed by atoms with Crippen molar-refractivity contribution in [3.05, 3.63) is 85.1 Å². The Hall–Kier alpha value is -3.76. The van der Waals surface area contributed by atoms with Crippen LogP contribution in [0.5, 0.6) is 0 Å². The van der Waals surface area contributed by atoms with E-state index in [9.17, 15) is 43.2 Å². The number of phosphoric ester groups is 2. The maximum Gasteiger partial charge on any atom is 0.472 e. The van der Waals surface area contributed by atoms with Crippen LogP contribution >= 0.6 is 15.6 Å². The van der Waals surface area contributed by atoms with Crippen molar-refractivity contribution in [1.29, 1.82) is 0 Å². The molecule has 5 atom stereocenters. The van der Waals surface area contributed by atoms with Gasteiger partial charge in [0.15, 0.2) is 12.2 Å². The first-order valence-electron chi connectivity index (χ1n) is 39.8. The van der Waals surface area contributed by atoms with E-state index in [1.54, 1.807) is 0 Å². The average molecular weight is 1450 g/mol. The van der Waals surface area contributed by atoms with E-state index in [0.29, 0.717) is 25.7 Å². The summed E-state index contributed by atoms with van der Waals surface area (Å²) in [4.78, 5) is 72.9. The summed E-state index contributed by atoms with van der Waals surface area (Å²) in [7, 11) is -9.95. The third-order valence-electron chi connectivity index (χ3n) is 16.8. The fraction of sp³-hybridized carbons (Fsp3) is 0.778. The molecule has 0 aromatic rings. The van der Waals surface area contributed by atoms with Gasteiger partial charge in [0.05, 0.1) is 26.4 Å². The Morgan fingerprint density at radius 2 is 0.530 bits per heavy atom. The lowest BCUT2D eigenvalue weighted by Crippen LogP contribution is -2.30. The Morgan fingerprint density at radius 3 is 0.860 bits per heavy atom. The van der Waals surface area contributed by atoms with E-state index < -0.39 is 97.5 Å². The minimum Gasteiger partial charge on any atom is -0.462 e. The number of aliphatic hydroxyl groups is 1. The van der Waals surface area contributed by atoms with Crippen LogP contribution in [0.25, 0.3) is 0 Å². The van der Waals surface area contributed by atoms with Gasteiger partial charge in [0, 0.05) is 25.7 Å². The molecule has 100 heavy (non-hydrogen) atoms. The number of unbranched alkanes of at least 4 members (excludes halogenated alkanes) is 35. The van der Waals surface area contributed by atoms with Crippen LogP contribution < -0.4 is 0 Å². The third-order valence-corrected chi connectivity index (χ3v) is 18.7. The topological polar surface area (TPSA) is 237 Å². The van der Waals surface area contributed by atoms with Gasteiger partial charge in [-0.15, -0.1) is 0 Å². The van der Waals surface area contributed by atoms with Crippen LogP contribution in [0.15, 0.2) is 85.1 Å². The maximum absolute atomic E-state index is 13.1. The zero-order valence-corrected chi connectivity index (χ0v) is 65.2. The standard InChI is InChI=1S/C81H144O17P2/c1-5-9-13-17-21-25-29-32-35-36-37-38-41-43-47-50-54-58-62-66-79(84)92-72-77(98-81(86)68-64-60-56-52-48-44-40-34-31-27-23-19-15-11-7-3)74-96-100(89,90)94-70-75(82)69-93-99(87,88)95-73-76(97-80(85)67-63-59-55-51-45-28-24-20-16-12-8-4)71-91-78(83)65-61-57-53-49-46-42-39-33-30-26-22-18-14-10-6-2/h9,13,20-21,23-25,27,32,34-35,37-38,40,75-77,82H,5-8,10-12,14-19,22,26,28-31,33,36,39,41-74H2,1-4H3,(H,87,88)(H,89,90)/b13-9-,24-20-,25-21-,27-23-,35-32-,38-37-,40-34-. The van der Waals surface area contributed by atoms with Crippen LogP contribution in [-0.4, -0.2) is 96.7 Å². The summed E-state index contributed by atoms with van der Waals surface area (Å²) >= 11 is 0. The van der Waals surface area contributed by atoms with Gasteiger partial charge in [0.25, 0.3) is 0 Å². The zero-order chi connectivity index (χ0) is 73.2. The number of hydrogen-bond acceptors (Lipinski definition) is 15. The molecule has 0 saturated heterocycles. The third kappa shape index (κ3) is 72.6. The first-order valence-corrected chi connectivity index (χ1v) is 42.8. The molecule has 0 rings (SSSR count). The Bertz CT molecular complexity index is 2230. The van der Waals surface area contributed by atoms with Crippen molar-refractivity contribution in [3.8, 4) is 0 Å². The van der Waals surface area contributed by atoms with Crippen molar-refractivity contribution in [2.75, 3.05) is 39.6 Å². The second-order valence-electron chi connectivity index (χ2n) is 26.6. The summed E-state index contributed by atoms with van der Waals surface area (Å²) in [6, 6.07) is 0. The monoisotopic (exact) mass is 1450 g/mol. The molecule has 17 nitrogen and oxygen atoms in total. The minimum atomic E-state index is -4.98. The van der Waals surface area contributed by atoms with Gasteiger partial charge in [-0.25, -0.2) is 9.13 Å². The summed E-state index contributed by atoms with van der Waals surface area (Å²) in [5.41, 5.74) is 0. The maximum atomic E-state index is 13.1. The molecule has 0 amide bonds. The number of aliphatic hydroxyl groups excluding tert-OH is 1. The van der Waals surface area contributed by atoms with E-state index in [0.717, 1.165) is 167 Å². The number of phosphoric acid groups is 2. The largest absolute Gasteiger partial charge is 0.472 e. The highest BCUT2D eigenvalue weighted by Gasteiger charge is 2.30. The lowest BCUT2D eigenvalue weighted by Gasteiger charge is -2.21. The minimum absolute atomic E-state index is 0.0766. The zero-order valence-electron chi connectivity index (χ0n) is 63.4. The Balaban J connectivity index is 5.32. The molecule has 0 saturated carbocycles. The van der Waals surface area contributed by atoms with E-state index in [-0.39, 0.29) is 25.7 Å². The Labute approximate surface area is 608 Å². The van der Waals surface area contributed by atoms with Gasteiger partial charge < -0.3 is 33.8 Å². The molecule has 19 heteroatoms. The average Bonchev–Trinajstić information content (AvgIpc) is 0.985. The van der Waals surface area contributed by atoms with Crippen molar-refractivity contribution in [2.45, 2.75) is 367 Å². The smallest absolute Gasteiger partial charge is 0.462 e. The van der Waals surface area contributed by atoms with Crippen molar-refractivity contribution < 1.29 is 80.2 Å². The molecule has 0 fully saturated rings. The molecule has 3 N–H and O–H groups in total. The van der Waals surface area contributed by atoms with Crippen LogP contribution in [-0.2, 0) is 65.4 Å². The molecule has 0 aromatic carbocycles. The van der Waals surface area contributed by atoms with Crippen LogP contribution in [0, 0.1) is 0 Å². The summed E-state index contributed by atoms with van der Waals surface area (Å²) in [6.45, 7) is 4.71. The van der Waals surface area contributed by atoms with E-state index in [1.165, 1.54) is 103 Å². The van der Waals surface area contributed by atoms with E-state index in [1.807, 2.05) is 0 Å². The first kappa shape index (κ1) is 96.2.